The average Bonchev–Trinajstić information content (AvgIpc) is 2.84. The lowest BCUT2D eigenvalue weighted by Gasteiger charge is -2.21. The smallest absolute Gasteiger partial charge is 0.252 e. The van der Waals surface area contributed by atoms with Gasteiger partial charge in [0.05, 0.1) is 5.56 Å². The predicted molar refractivity (Wildman–Crippen MR) is 76.6 cm³/mol. The van der Waals surface area contributed by atoms with Crippen molar-refractivity contribution in [3.05, 3.63) is 22.9 Å². The van der Waals surface area contributed by atoms with Crippen molar-refractivity contribution in [2.75, 3.05) is 32.1 Å². The molecule has 0 atom stereocenters. The summed E-state index contributed by atoms with van der Waals surface area (Å²) in [6.07, 6.45) is 4.13. The summed E-state index contributed by atoms with van der Waals surface area (Å²) < 4.78 is 0. The molecule has 19 heavy (non-hydrogen) atoms. The fraction of sp³-hybridized carbons (Fsp3) is 0.571. The van der Waals surface area contributed by atoms with Crippen LogP contribution in [0.2, 0.25) is 0 Å². The summed E-state index contributed by atoms with van der Waals surface area (Å²) >= 11 is 0. The van der Waals surface area contributed by atoms with E-state index in [1.54, 1.807) is 0 Å². The number of hydrogen-bond acceptors (Lipinski definition) is 4. The molecule has 1 aliphatic rings. The van der Waals surface area contributed by atoms with Crippen molar-refractivity contribution in [2.24, 2.45) is 5.73 Å². The van der Waals surface area contributed by atoms with E-state index in [9.17, 15) is 4.79 Å². The van der Waals surface area contributed by atoms with Gasteiger partial charge in [0.15, 0.2) is 0 Å². The molecule has 1 aromatic heterocycles. The van der Waals surface area contributed by atoms with Crippen LogP contribution < -0.4 is 16.0 Å². The third-order valence-corrected chi connectivity index (χ3v) is 3.58. The molecule has 0 unspecified atom stereocenters. The first-order chi connectivity index (χ1) is 9.13. The largest absolute Gasteiger partial charge is 0.365 e. The Morgan fingerprint density at radius 2 is 2.32 bits per heavy atom. The molecule has 0 bridgehead atoms. The van der Waals surface area contributed by atoms with Crippen molar-refractivity contribution in [2.45, 2.75) is 25.7 Å². The van der Waals surface area contributed by atoms with Crippen molar-refractivity contribution in [1.29, 1.82) is 0 Å². The van der Waals surface area contributed by atoms with Crippen LogP contribution in [0, 0.1) is 0 Å². The quantitative estimate of drug-likeness (QED) is 0.741. The van der Waals surface area contributed by atoms with Crippen LogP contribution in [0.5, 0.6) is 0 Å². The third-order valence-electron chi connectivity index (χ3n) is 3.58. The van der Waals surface area contributed by atoms with Crippen molar-refractivity contribution in [3.8, 4) is 0 Å². The normalized spacial score (nSPS) is 13.4. The fourth-order valence-electron chi connectivity index (χ4n) is 2.53. The van der Waals surface area contributed by atoms with Crippen molar-refractivity contribution in [1.82, 2.24) is 10.3 Å². The van der Waals surface area contributed by atoms with Crippen molar-refractivity contribution in [3.63, 3.8) is 0 Å². The first kappa shape index (κ1) is 13.8. The molecule has 1 aliphatic carbocycles. The molecule has 1 amide bonds. The minimum Gasteiger partial charge on any atom is -0.365 e. The zero-order valence-electron chi connectivity index (χ0n) is 11.7. The van der Waals surface area contributed by atoms with Gasteiger partial charge in [-0.3, -0.25) is 4.79 Å². The number of primary amides is 1. The monoisotopic (exact) mass is 262 g/mol. The molecule has 3 N–H and O–H groups in total. The average molecular weight is 262 g/mol. The number of aromatic nitrogens is 1. The fourth-order valence-corrected chi connectivity index (χ4v) is 2.53. The summed E-state index contributed by atoms with van der Waals surface area (Å²) in [5.41, 5.74) is 8.34. The zero-order valence-corrected chi connectivity index (χ0v) is 11.7. The van der Waals surface area contributed by atoms with Gasteiger partial charge in [0.25, 0.3) is 5.91 Å². The maximum absolute atomic E-state index is 11.6. The lowest BCUT2D eigenvalue weighted by atomic mass is 10.1. The molecule has 1 heterocycles. The summed E-state index contributed by atoms with van der Waals surface area (Å²) in [5, 5.41) is 3.11. The second-order valence-corrected chi connectivity index (χ2v) is 5.06. The van der Waals surface area contributed by atoms with E-state index in [0.717, 1.165) is 50.3 Å². The van der Waals surface area contributed by atoms with Crippen LogP contribution in [0.25, 0.3) is 0 Å². The Morgan fingerprint density at radius 3 is 3.00 bits per heavy atom. The third kappa shape index (κ3) is 3.04. The minimum atomic E-state index is -0.391. The molecule has 0 aromatic carbocycles. The van der Waals surface area contributed by atoms with E-state index in [1.807, 2.05) is 25.1 Å². The molecule has 0 spiro atoms. The van der Waals surface area contributed by atoms with E-state index in [2.05, 4.69) is 10.3 Å². The Kier molecular flexibility index (Phi) is 4.37. The van der Waals surface area contributed by atoms with Gasteiger partial charge in [0.2, 0.25) is 0 Å². The number of fused-ring (bicyclic) bond motifs is 1. The highest BCUT2D eigenvalue weighted by Crippen LogP contribution is 2.26. The van der Waals surface area contributed by atoms with Gasteiger partial charge in [-0.05, 0) is 50.9 Å². The number of amides is 1. The number of nitrogens with two attached hydrogens (primary N) is 1. The summed E-state index contributed by atoms with van der Waals surface area (Å²) in [6, 6.07) is 1.93. The first-order valence-electron chi connectivity index (χ1n) is 6.82. The number of carbonyl (C=O) groups excluding carboxylic acids is 1. The first-order valence-corrected chi connectivity index (χ1v) is 6.82. The van der Waals surface area contributed by atoms with E-state index in [1.165, 1.54) is 5.56 Å². The van der Waals surface area contributed by atoms with Gasteiger partial charge in [-0.2, -0.15) is 0 Å². The van der Waals surface area contributed by atoms with Gasteiger partial charge >= 0.3 is 0 Å². The highest BCUT2D eigenvalue weighted by molar-refractivity contribution is 5.98. The number of pyridine rings is 1. The number of hydrogen-bond donors (Lipinski definition) is 2. The van der Waals surface area contributed by atoms with E-state index >= 15 is 0 Å². The molecule has 5 heteroatoms. The Bertz CT molecular complexity index is 473. The van der Waals surface area contributed by atoms with Crippen LogP contribution in [0.1, 0.15) is 34.5 Å². The lowest BCUT2D eigenvalue weighted by molar-refractivity contribution is 0.100. The molecular weight excluding hydrogens is 240 g/mol. The van der Waals surface area contributed by atoms with E-state index in [4.69, 9.17) is 5.73 Å². The number of rotatable bonds is 6. The van der Waals surface area contributed by atoms with Gasteiger partial charge < -0.3 is 16.0 Å². The standard InChI is InChI=1S/C14H22N4O/c1-16-7-4-8-18(2)14-11(13(15)19)9-10-5-3-6-12(10)17-14/h9,16H,3-8H2,1-2H3,(H2,15,19). The number of nitrogens with zero attached hydrogens (tertiary/aromatic N) is 2. The van der Waals surface area contributed by atoms with Crippen LogP contribution in [0.15, 0.2) is 6.07 Å². The van der Waals surface area contributed by atoms with Crippen LogP contribution in [0.4, 0.5) is 5.82 Å². The molecule has 0 fully saturated rings. The molecule has 0 aliphatic heterocycles. The number of aryl methyl sites for hydroxylation is 2. The molecule has 0 saturated carbocycles. The number of carbonyl (C=O) groups is 1. The van der Waals surface area contributed by atoms with Gasteiger partial charge in [0.1, 0.15) is 5.82 Å². The number of anilines is 1. The maximum atomic E-state index is 11.6. The van der Waals surface area contributed by atoms with Crippen LogP contribution in [0.3, 0.4) is 0 Å². The minimum absolute atomic E-state index is 0.391. The summed E-state index contributed by atoms with van der Waals surface area (Å²) in [4.78, 5) is 18.3. The van der Waals surface area contributed by atoms with E-state index in [-0.39, 0.29) is 0 Å². The highest BCUT2D eigenvalue weighted by Gasteiger charge is 2.20. The predicted octanol–water partition coefficient (Wildman–Crippen LogP) is 0.715. The van der Waals surface area contributed by atoms with E-state index < -0.39 is 5.91 Å². The van der Waals surface area contributed by atoms with E-state index in [0.29, 0.717) is 5.56 Å². The van der Waals surface area contributed by atoms with Gasteiger partial charge in [-0.1, -0.05) is 0 Å². The molecular formula is C14H22N4O. The van der Waals surface area contributed by atoms with Crippen LogP contribution in [-0.4, -0.2) is 38.1 Å². The lowest BCUT2D eigenvalue weighted by Crippen LogP contribution is -2.27. The molecule has 0 radical (unpaired) electrons. The van der Waals surface area contributed by atoms with Gasteiger partial charge in [-0.15, -0.1) is 0 Å². The SMILES string of the molecule is CNCCCN(C)c1nc2c(cc1C(N)=O)CCC2. The number of nitrogens with one attached hydrogen (secondary N) is 1. The summed E-state index contributed by atoms with van der Waals surface area (Å²) in [6.45, 7) is 1.80. The molecule has 5 nitrogen and oxygen atoms in total. The maximum Gasteiger partial charge on any atom is 0.252 e. The van der Waals surface area contributed by atoms with Crippen molar-refractivity contribution < 1.29 is 4.79 Å². The second-order valence-electron chi connectivity index (χ2n) is 5.06. The van der Waals surface area contributed by atoms with Crippen molar-refractivity contribution >= 4 is 11.7 Å². The highest BCUT2D eigenvalue weighted by atomic mass is 16.1. The summed E-state index contributed by atoms with van der Waals surface area (Å²) in [7, 11) is 3.90. The van der Waals surface area contributed by atoms with Gasteiger partial charge in [0, 0.05) is 19.3 Å². The molecule has 0 saturated heterocycles. The Morgan fingerprint density at radius 1 is 1.53 bits per heavy atom. The van der Waals surface area contributed by atoms with Gasteiger partial charge in [-0.25, -0.2) is 4.98 Å². The molecule has 1 aromatic rings. The summed E-state index contributed by atoms with van der Waals surface area (Å²) in [5.74, 6) is 0.335. The van der Waals surface area contributed by atoms with Crippen LogP contribution in [-0.2, 0) is 12.8 Å². The second kappa shape index (κ2) is 6.02. The Balaban J connectivity index is 2.24. The molecule has 2 rings (SSSR count). The Labute approximate surface area is 114 Å². The Hall–Kier alpha value is -1.62. The van der Waals surface area contributed by atoms with Crippen LogP contribution >= 0.6 is 0 Å². The zero-order chi connectivity index (χ0) is 13.8. The topological polar surface area (TPSA) is 71.2 Å². The molecule has 104 valence electrons.